The van der Waals surface area contributed by atoms with Crippen molar-refractivity contribution in [3.63, 3.8) is 0 Å². The van der Waals surface area contributed by atoms with E-state index in [4.69, 9.17) is 10.5 Å². The Balaban J connectivity index is 2.60. The van der Waals surface area contributed by atoms with E-state index in [-0.39, 0.29) is 18.1 Å². The highest BCUT2D eigenvalue weighted by Crippen LogP contribution is 2.16. The number of benzene rings is 1. The first-order valence-electron chi connectivity index (χ1n) is 6.10. The number of nitrogen functional groups attached to an aromatic ring is 1. The molecule has 2 N–H and O–H groups in total. The third kappa shape index (κ3) is 4.55. The molecule has 0 aliphatic carbocycles. The summed E-state index contributed by atoms with van der Waals surface area (Å²) < 4.78 is 27.9. The Kier molecular flexibility index (Phi) is 5.35. The van der Waals surface area contributed by atoms with Crippen LogP contribution in [0.1, 0.15) is 29.3 Å². The van der Waals surface area contributed by atoms with Crippen LogP contribution in [0.5, 0.6) is 0 Å². The van der Waals surface area contributed by atoms with Crippen molar-refractivity contribution in [3.8, 4) is 0 Å². The van der Waals surface area contributed by atoms with Crippen molar-refractivity contribution in [1.29, 1.82) is 0 Å². The van der Waals surface area contributed by atoms with E-state index >= 15 is 0 Å². The topological polar surface area (TPSA) is 86.5 Å². The minimum atomic E-state index is -3.13. The molecule has 0 amide bonds. The zero-order valence-electron chi connectivity index (χ0n) is 11.2. The van der Waals surface area contributed by atoms with Gasteiger partial charge >= 0.3 is 5.97 Å². The monoisotopic (exact) mass is 285 g/mol. The zero-order chi connectivity index (χ0) is 14.5. The van der Waals surface area contributed by atoms with Crippen molar-refractivity contribution < 1.29 is 17.9 Å². The van der Waals surface area contributed by atoms with E-state index in [1.54, 1.807) is 32.0 Å². The molecule has 0 bridgehead atoms. The van der Waals surface area contributed by atoms with Gasteiger partial charge in [0.05, 0.1) is 17.1 Å². The van der Waals surface area contributed by atoms with Crippen molar-refractivity contribution in [2.24, 2.45) is 0 Å². The lowest BCUT2D eigenvalue weighted by atomic mass is 10.1. The van der Waals surface area contributed by atoms with Crippen LogP contribution >= 0.6 is 0 Å². The summed E-state index contributed by atoms with van der Waals surface area (Å²) in [7, 11) is -3.13. The molecule has 1 rings (SSSR count). The van der Waals surface area contributed by atoms with Gasteiger partial charge in [-0.05, 0) is 31.0 Å². The highest BCUT2D eigenvalue weighted by molar-refractivity contribution is 7.91. The molecule has 0 unspecified atom stereocenters. The number of hydrogen-bond acceptors (Lipinski definition) is 5. The standard InChI is InChI=1S/C13H19NO4S/c1-3-8-19(16,17)9-7-18-13(15)11-5-4-6-12(14)10(11)2/h4-6H,3,7-9,14H2,1-2H3. The van der Waals surface area contributed by atoms with E-state index in [9.17, 15) is 13.2 Å². The van der Waals surface area contributed by atoms with Gasteiger partial charge in [-0.2, -0.15) is 0 Å². The van der Waals surface area contributed by atoms with Gasteiger partial charge in [0.2, 0.25) is 0 Å². The molecule has 19 heavy (non-hydrogen) atoms. The minimum absolute atomic E-state index is 0.113. The second-order valence-corrected chi connectivity index (χ2v) is 6.61. The molecule has 0 fully saturated rings. The molecular weight excluding hydrogens is 266 g/mol. The van der Waals surface area contributed by atoms with Gasteiger partial charge in [-0.1, -0.05) is 13.0 Å². The van der Waals surface area contributed by atoms with Crippen molar-refractivity contribution >= 4 is 21.5 Å². The second kappa shape index (κ2) is 6.56. The fourth-order valence-electron chi connectivity index (χ4n) is 1.63. The molecule has 0 aliphatic heterocycles. The van der Waals surface area contributed by atoms with Crippen LogP contribution in [0.15, 0.2) is 18.2 Å². The average Bonchev–Trinajstić information content (AvgIpc) is 2.32. The fourth-order valence-corrected chi connectivity index (χ4v) is 2.79. The largest absolute Gasteiger partial charge is 0.461 e. The van der Waals surface area contributed by atoms with E-state index in [0.717, 1.165) is 0 Å². The maximum Gasteiger partial charge on any atom is 0.338 e. The second-order valence-electron chi connectivity index (χ2n) is 4.31. The summed E-state index contributed by atoms with van der Waals surface area (Å²) in [5.74, 6) is -0.577. The summed E-state index contributed by atoms with van der Waals surface area (Å²) in [6.45, 7) is 3.38. The SMILES string of the molecule is CCCS(=O)(=O)CCOC(=O)c1cccc(N)c1C. The van der Waals surface area contributed by atoms with Crippen LogP contribution in [0.2, 0.25) is 0 Å². The van der Waals surface area contributed by atoms with Gasteiger partial charge in [0.25, 0.3) is 0 Å². The molecule has 6 heteroatoms. The quantitative estimate of drug-likeness (QED) is 0.633. The first-order valence-corrected chi connectivity index (χ1v) is 7.92. The molecule has 0 spiro atoms. The fraction of sp³-hybridized carbons (Fsp3) is 0.462. The summed E-state index contributed by atoms with van der Waals surface area (Å²) >= 11 is 0. The van der Waals surface area contributed by atoms with E-state index in [1.807, 2.05) is 0 Å². The Bertz CT molecular complexity index is 552. The van der Waals surface area contributed by atoms with Crippen LogP contribution < -0.4 is 5.73 Å². The van der Waals surface area contributed by atoms with Gasteiger partial charge in [-0.3, -0.25) is 0 Å². The van der Waals surface area contributed by atoms with Gasteiger partial charge in [-0.15, -0.1) is 0 Å². The lowest BCUT2D eigenvalue weighted by molar-refractivity contribution is 0.0528. The number of sulfone groups is 1. The molecule has 0 aliphatic rings. The number of carbonyl (C=O) groups is 1. The normalized spacial score (nSPS) is 11.3. The van der Waals surface area contributed by atoms with Crippen molar-refractivity contribution in [3.05, 3.63) is 29.3 Å². The number of hydrogen-bond donors (Lipinski definition) is 1. The van der Waals surface area contributed by atoms with Crippen molar-refractivity contribution in [1.82, 2.24) is 0 Å². The summed E-state index contributed by atoms with van der Waals surface area (Å²) in [6, 6.07) is 4.96. The molecule has 0 atom stereocenters. The zero-order valence-corrected chi connectivity index (χ0v) is 12.0. The van der Waals surface area contributed by atoms with Crippen LogP contribution in [0.4, 0.5) is 5.69 Å². The first kappa shape index (κ1) is 15.5. The maximum absolute atomic E-state index is 11.8. The Morgan fingerprint density at radius 2 is 2.00 bits per heavy atom. The van der Waals surface area contributed by atoms with Crippen molar-refractivity contribution in [2.75, 3.05) is 23.8 Å². The van der Waals surface area contributed by atoms with Gasteiger partial charge in [0.1, 0.15) is 6.61 Å². The number of nitrogens with two attached hydrogens (primary N) is 1. The summed E-state index contributed by atoms with van der Waals surface area (Å²) in [5.41, 5.74) is 7.21. The summed E-state index contributed by atoms with van der Waals surface area (Å²) in [4.78, 5) is 11.8. The molecule has 0 heterocycles. The number of carbonyl (C=O) groups excluding carboxylic acids is 1. The third-order valence-corrected chi connectivity index (χ3v) is 4.56. The molecule has 106 valence electrons. The van der Waals surface area contributed by atoms with Crippen LogP contribution in [0, 0.1) is 6.92 Å². The molecule has 0 aromatic heterocycles. The van der Waals surface area contributed by atoms with Crippen LogP contribution in [0.3, 0.4) is 0 Å². The van der Waals surface area contributed by atoms with E-state index in [2.05, 4.69) is 0 Å². The smallest absolute Gasteiger partial charge is 0.338 e. The molecule has 1 aromatic carbocycles. The lowest BCUT2D eigenvalue weighted by Crippen LogP contribution is -2.18. The molecule has 0 saturated carbocycles. The number of anilines is 1. The Morgan fingerprint density at radius 1 is 1.32 bits per heavy atom. The van der Waals surface area contributed by atoms with Crippen LogP contribution in [-0.2, 0) is 14.6 Å². The Labute approximate surface area is 113 Å². The molecule has 0 saturated heterocycles. The van der Waals surface area contributed by atoms with Crippen molar-refractivity contribution in [2.45, 2.75) is 20.3 Å². The molecule has 1 aromatic rings. The van der Waals surface area contributed by atoms with Crippen LogP contribution in [0.25, 0.3) is 0 Å². The number of ether oxygens (including phenoxy) is 1. The van der Waals surface area contributed by atoms with E-state index in [0.29, 0.717) is 23.2 Å². The minimum Gasteiger partial charge on any atom is -0.461 e. The Hall–Kier alpha value is -1.56. The van der Waals surface area contributed by atoms with E-state index < -0.39 is 15.8 Å². The van der Waals surface area contributed by atoms with Gasteiger partial charge in [0, 0.05) is 5.69 Å². The van der Waals surface area contributed by atoms with Gasteiger partial charge in [-0.25, -0.2) is 13.2 Å². The van der Waals surface area contributed by atoms with Crippen LogP contribution in [-0.4, -0.2) is 32.5 Å². The first-order chi connectivity index (χ1) is 8.87. The number of rotatable bonds is 6. The number of esters is 1. The average molecular weight is 285 g/mol. The highest BCUT2D eigenvalue weighted by Gasteiger charge is 2.14. The Morgan fingerprint density at radius 3 is 2.63 bits per heavy atom. The predicted octanol–water partition coefficient (Wildman–Crippen LogP) is 1.56. The maximum atomic E-state index is 11.8. The summed E-state index contributed by atoms with van der Waals surface area (Å²) in [6.07, 6.45) is 0.560. The van der Waals surface area contributed by atoms with Gasteiger partial charge in [0.15, 0.2) is 9.84 Å². The summed E-state index contributed by atoms with van der Waals surface area (Å²) in [5, 5.41) is 0. The third-order valence-electron chi connectivity index (χ3n) is 2.74. The van der Waals surface area contributed by atoms with Gasteiger partial charge < -0.3 is 10.5 Å². The molecular formula is C13H19NO4S. The molecule has 0 radical (unpaired) electrons. The molecule has 5 nitrogen and oxygen atoms in total. The highest BCUT2D eigenvalue weighted by atomic mass is 32.2. The van der Waals surface area contributed by atoms with E-state index in [1.165, 1.54) is 0 Å². The lowest BCUT2D eigenvalue weighted by Gasteiger charge is -2.08. The predicted molar refractivity (Wildman–Crippen MR) is 74.8 cm³/mol.